The third-order valence-corrected chi connectivity index (χ3v) is 4.57. The molecule has 0 aliphatic carbocycles. The normalized spacial score (nSPS) is 10.6. The lowest BCUT2D eigenvalue weighted by Crippen LogP contribution is -2.17. The Balaban J connectivity index is 2.44. The van der Waals surface area contributed by atoms with E-state index in [4.69, 9.17) is 14.9 Å². The van der Waals surface area contributed by atoms with Crippen LogP contribution in [0.1, 0.15) is 17.3 Å². The van der Waals surface area contributed by atoms with E-state index in [9.17, 15) is 14.0 Å². The van der Waals surface area contributed by atoms with Gasteiger partial charge in [0.1, 0.15) is 17.1 Å². The molecule has 0 fully saturated rings. The molecule has 138 valence electrons. The molecule has 0 aliphatic rings. The highest BCUT2D eigenvalue weighted by Crippen LogP contribution is 2.39. The summed E-state index contributed by atoms with van der Waals surface area (Å²) < 4.78 is 24.8. The summed E-state index contributed by atoms with van der Waals surface area (Å²) >= 11 is 3.32. The van der Waals surface area contributed by atoms with Gasteiger partial charge in [-0.05, 0) is 25.1 Å². The number of carbonyl (C=O) groups is 1. The number of ether oxygens (including phenoxy) is 1. The van der Waals surface area contributed by atoms with E-state index in [0.717, 1.165) is 0 Å². The number of carbonyl (C=O) groups excluding carboxylic acids is 1. The molecule has 0 aliphatic heterocycles. The number of hydrogen-bond acceptors (Lipinski definition) is 5. The Hall–Kier alpha value is -2.93. The molecule has 1 aromatic heterocycles. The minimum absolute atomic E-state index is 0.0133. The molecule has 5 nitrogen and oxygen atoms in total. The highest BCUT2D eigenvalue weighted by Gasteiger charge is 2.28. The third kappa shape index (κ3) is 3.64. The number of halogens is 2. The monoisotopic (exact) mass is 431 g/mol. The molecule has 0 spiro atoms. The number of anilines is 1. The largest absolute Gasteiger partial charge is 0.462 e. The Morgan fingerprint density at radius 3 is 2.59 bits per heavy atom. The number of nitrogen functional groups attached to an aromatic ring is 1. The van der Waals surface area contributed by atoms with Crippen molar-refractivity contribution in [1.29, 1.82) is 0 Å². The maximum absolute atomic E-state index is 13.9. The molecule has 0 bridgehead atoms. The molecule has 0 radical (unpaired) electrons. The van der Waals surface area contributed by atoms with Gasteiger partial charge in [0, 0.05) is 21.2 Å². The maximum Gasteiger partial charge on any atom is 0.360 e. The number of nitrogens with two attached hydrogens (primary N) is 1. The molecular formula is C20H15BrFNO4. The molecule has 1 heterocycles. The molecule has 0 saturated heterocycles. The Kier molecular flexibility index (Phi) is 5.41. The van der Waals surface area contributed by atoms with Gasteiger partial charge in [0.05, 0.1) is 6.61 Å². The van der Waals surface area contributed by atoms with Crippen LogP contribution >= 0.6 is 15.9 Å². The summed E-state index contributed by atoms with van der Waals surface area (Å²) in [5.74, 6) is -1.26. The predicted octanol–water partition coefficient (Wildman–Crippen LogP) is 4.63. The highest BCUT2D eigenvalue weighted by molar-refractivity contribution is 9.10. The van der Waals surface area contributed by atoms with Crippen molar-refractivity contribution in [3.05, 3.63) is 74.8 Å². The van der Waals surface area contributed by atoms with Crippen LogP contribution in [0.4, 0.5) is 10.1 Å². The van der Waals surface area contributed by atoms with Gasteiger partial charge in [-0.3, -0.25) is 0 Å². The summed E-state index contributed by atoms with van der Waals surface area (Å²) in [7, 11) is 0. The zero-order valence-electron chi connectivity index (χ0n) is 14.3. The predicted molar refractivity (Wildman–Crippen MR) is 104 cm³/mol. The first-order valence-electron chi connectivity index (χ1n) is 8.08. The topological polar surface area (TPSA) is 82.5 Å². The van der Waals surface area contributed by atoms with Gasteiger partial charge in [-0.15, -0.1) is 0 Å². The van der Waals surface area contributed by atoms with Crippen LogP contribution in [0.2, 0.25) is 0 Å². The fourth-order valence-corrected chi connectivity index (χ4v) is 3.15. The Morgan fingerprint density at radius 1 is 1.22 bits per heavy atom. The minimum Gasteiger partial charge on any atom is -0.462 e. The van der Waals surface area contributed by atoms with Crippen molar-refractivity contribution in [2.75, 3.05) is 12.3 Å². The quantitative estimate of drug-likeness (QED) is 0.608. The van der Waals surface area contributed by atoms with Crippen molar-refractivity contribution < 1.29 is 18.3 Å². The maximum atomic E-state index is 13.9. The lowest BCUT2D eigenvalue weighted by atomic mass is 9.95. The van der Waals surface area contributed by atoms with E-state index in [0.29, 0.717) is 10.0 Å². The fraction of sp³-hybridized carbons (Fsp3) is 0.100. The molecule has 27 heavy (non-hydrogen) atoms. The number of benzene rings is 2. The van der Waals surface area contributed by atoms with Crippen molar-refractivity contribution in [3.8, 4) is 22.5 Å². The second-order valence-corrected chi connectivity index (χ2v) is 6.45. The van der Waals surface area contributed by atoms with E-state index < -0.39 is 17.4 Å². The van der Waals surface area contributed by atoms with Crippen LogP contribution < -0.4 is 11.4 Å². The van der Waals surface area contributed by atoms with Crippen molar-refractivity contribution in [2.24, 2.45) is 0 Å². The third-order valence-electron chi connectivity index (χ3n) is 3.87. The smallest absolute Gasteiger partial charge is 0.360 e. The summed E-state index contributed by atoms with van der Waals surface area (Å²) in [5, 5.41) is 0. The Bertz CT molecular complexity index is 1060. The fourth-order valence-electron chi connectivity index (χ4n) is 2.71. The van der Waals surface area contributed by atoms with Gasteiger partial charge in [0.25, 0.3) is 0 Å². The van der Waals surface area contributed by atoms with Gasteiger partial charge in [-0.25, -0.2) is 14.0 Å². The van der Waals surface area contributed by atoms with Crippen molar-refractivity contribution >= 4 is 27.6 Å². The lowest BCUT2D eigenvalue weighted by Gasteiger charge is -2.16. The Labute approximate surface area is 162 Å². The van der Waals surface area contributed by atoms with Crippen LogP contribution in [-0.2, 0) is 4.74 Å². The van der Waals surface area contributed by atoms with Gasteiger partial charge in [0.15, 0.2) is 5.76 Å². The van der Waals surface area contributed by atoms with Crippen LogP contribution in [-0.4, -0.2) is 12.6 Å². The summed E-state index contributed by atoms with van der Waals surface area (Å²) in [6.45, 7) is 1.76. The Morgan fingerprint density at radius 2 is 1.93 bits per heavy atom. The van der Waals surface area contributed by atoms with Crippen molar-refractivity contribution in [1.82, 2.24) is 0 Å². The van der Waals surface area contributed by atoms with E-state index in [2.05, 4.69) is 15.9 Å². The van der Waals surface area contributed by atoms with Crippen molar-refractivity contribution in [2.45, 2.75) is 6.92 Å². The van der Waals surface area contributed by atoms with Crippen LogP contribution in [0.3, 0.4) is 0 Å². The van der Waals surface area contributed by atoms with E-state index in [1.165, 1.54) is 18.2 Å². The number of rotatable bonds is 4. The zero-order chi connectivity index (χ0) is 19.6. The molecule has 2 aromatic carbocycles. The molecule has 0 unspecified atom stereocenters. The molecule has 2 N–H and O–H groups in total. The van der Waals surface area contributed by atoms with Crippen LogP contribution in [0.25, 0.3) is 22.5 Å². The van der Waals surface area contributed by atoms with Crippen LogP contribution in [0.15, 0.2) is 62.2 Å². The molecule has 3 aromatic rings. The highest BCUT2D eigenvalue weighted by atomic mass is 79.9. The average molecular weight is 432 g/mol. The minimum atomic E-state index is -0.826. The van der Waals surface area contributed by atoms with E-state index in [1.54, 1.807) is 37.3 Å². The SMILES string of the molecule is CCOC(=O)c1c(-c2ccccc2)oc(=O)c(N)c1-c1cc(F)ccc1Br. The average Bonchev–Trinajstić information content (AvgIpc) is 2.66. The van der Waals surface area contributed by atoms with E-state index >= 15 is 0 Å². The standard InChI is InChI=1S/C20H15BrFNO4/c1-2-26-19(24)16-15(13-10-12(22)8-9-14(13)21)17(23)20(25)27-18(16)11-6-4-3-5-7-11/h3-10H,2,23H2,1H3. The van der Waals surface area contributed by atoms with Crippen LogP contribution in [0.5, 0.6) is 0 Å². The van der Waals surface area contributed by atoms with Crippen LogP contribution in [0, 0.1) is 5.82 Å². The summed E-state index contributed by atoms with van der Waals surface area (Å²) in [5.41, 5.74) is 5.60. The second kappa shape index (κ2) is 7.75. The molecule has 7 heteroatoms. The van der Waals surface area contributed by atoms with Gasteiger partial charge in [-0.2, -0.15) is 0 Å². The molecule has 0 amide bonds. The molecule has 0 atom stereocenters. The van der Waals surface area contributed by atoms with Gasteiger partial charge >= 0.3 is 11.6 Å². The first-order chi connectivity index (χ1) is 12.9. The van der Waals surface area contributed by atoms with Gasteiger partial charge in [0.2, 0.25) is 0 Å². The van der Waals surface area contributed by atoms with E-state index in [1.807, 2.05) is 0 Å². The number of esters is 1. The first-order valence-corrected chi connectivity index (χ1v) is 8.87. The second-order valence-electron chi connectivity index (χ2n) is 5.59. The summed E-state index contributed by atoms with van der Waals surface area (Å²) in [4.78, 5) is 25.1. The van der Waals surface area contributed by atoms with Gasteiger partial charge in [-0.1, -0.05) is 46.3 Å². The molecular weight excluding hydrogens is 417 g/mol. The zero-order valence-corrected chi connectivity index (χ0v) is 15.9. The first kappa shape index (κ1) is 18.8. The number of hydrogen-bond donors (Lipinski definition) is 1. The lowest BCUT2D eigenvalue weighted by molar-refractivity contribution is 0.0526. The van der Waals surface area contributed by atoms with Crippen molar-refractivity contribution in [3.63, 3.8) is 0 Å². The summed E-state index contributed by atoms with van der Waals surface area (Å²) in [6, 6.07) is 12.5. The van der Waals surface area contributed by atoms with E-state index in [-0.39, 0.29) is 34.7 Å². The molecule has 0 saturated carbocycles. The molecule has 3 rings (SSSR count). The summed E-state index contributed by atoms with van der Waals surface area (Å²) in [6.07, 6.45) is 0. The van der Waals surface area contributed by atoms with Gasteiger partial charge < -0.3 is 14.9 Å².